The number of carbonyl (C=O) groups is 3. The number of aliphatic hydroxyl groups is 1. The highest BCUT2D eigenvalue weighted by Gasteiger charge is 2.50. The summed E-state index contributed by atoms with van der Waals surface area (Å²) in [6.45, 7) is 0.630. The van der Waals surface area contributed by atoms with Gasteiger partial charge in [0, 0.05) is 72.5 Å². The Labute approximate surface area is 660 Å². The van der Waals surface area contributed by atoms with E-state index in [1.54, 1.807) is 11.5 Å². The predicted molar refractivity (Wildman–Crippen MR) is 431 cm³/mol. The smallest absolute Gasteiger partial charge is 0.360 e. The minimum atomic E-state index is -1.38. The molecule has 6 aliphatic carbocycles. The molecule has 6 aliphatic heterocycles. The molecule has 6 saturated carbocycles. The molecule has 6 saturated heterocycles. The first-order chi connectivity index (χ1) is 55.0. The molecule has 3 aromatic carbocycles. The highest BCUT2D eigenvalue weighted by molar-refractivity contribution is 6.42. The maximum Gasteiger partial charge on any atom is 0.360 e. The summed E-state index contributed by atoms with van der Waals surface area (Å²) in [5.41, 5.74) is 2.45. The molecule has 606 valence electrons. The second-order valence-corrected chi connectivity index (χ2v) is 35.7. The van der Waals surface area contributed by atoms with Crippen molar-refractivity contribution in [3.63, 3.8) is 0 Å². The summed E-state index contributed by atoms with van der Waals surface area (Å²) in [6.07, 6.45) is 44.1. The number of rotatable bonds is 18. The predicted octanol–water partition coefficient (Wildman–Crippen LogP) is 13.6. The van der Waals surface area contributed by atoms with Crippen molar-refractivity contribution in [2.75, 3.05) is 26.9 Å². The lowest BCUT2D eigenvalue weighted by molar-refractivity contribution is -0.142. The SMILES string of the molecule is C/C(=N\OCC(=O)O)c1nc2ccccc2n(C2CC3CCCC(C2)N3C2CC3CCCC(C3)C2)c1=O.CO/N=C(\C(=O)O)c1nc2ccccc2n(C2CC3CCCC(C2)N3C2CC3CCCCC(C3)C2)c1=O.O=C(O)/C(=N\OCCO)c1nc2ccccc2n(C2CC3CCCC(C2)N3C2CC3CCCCC(C3)C2)c1=O. The minimum absolute atomic E-state index is 0.00848. The fourth-order valence-corrected chi connectivity index (χ4v) is 24.7. The first kappa shape index (κ1) is 78.6. The number of para-hydroxylation sites is 6. The molecule has 12 atom stereocenters. The van der Waals surface area contributed by atoms with Crippen molar-refractivity contribution in [2.24, 2.45) is 51.0 Å². The zero-order valence-corrected chi connectivity index (χ0v) is 66.0. The minimum Gasteiger partial charge on any atom is -0.479 e. The summed E-state index contributed by atoms with van der Waals surface area (Å²) in [4.78, 5) is 113. The van der Waals surface area contributed by atoms with Crippen LogP contribution in [0.2, 0.25) is 0 Å². The molecular formula is C88H116N12O13. The molecule has 9 heterocycles. The van der Waals surface area contributed by atoms with Crippen LogP contribution >= 0.6 is 0 Å². The van der Waals surface area contributed by atoms with Crippen LogP contribution in [0.4, 0.5) is 0 Å². The topological polar surface area (TPSA) is 311 Å². The monoisotopic (exact) mass is 1550 g/mol. The zero-order valence-electron chi connectivity index (χ0n) is 66.0. The Hall–Kier alpha value is -8.26. The Morgan fingerprint density at radius 1 is 0.381 bits per heavy atom. The van der Waals surface area contributed by atoms with E-state index in [1.807, 2.05) is 81.9 Å². The van der Waals surface area contributed by atoms with Crippen LogP contribution in [0.5, 0.6) is 0 Å². The first-order valence-corrected chi connectivity index (χ1v) is 43.2. The molecule has 12 unspecified atom stereocenters. The van der Waals surface area contributed by atoms with Crippen LogP contribution < -0.4 is 16.7 Å². The summed E-state index contributed by atoms with van der Waals surface area (Å²) in [7, 11) is 1.28. The van der Waals surface area contributed by atoms with Crippen LogP contribution in [0.25, 0.3) is 33.1 Å². The molecule has 0 amide bonds. The molecule has 3 aromatic heterocycles. The number of aromatic nitrogens is 6. The molecule has 25 heteroatoms. The Balaban J connectivity index is 0.000000128. The number of carboxylic acids is 3. The van der Waals surface area contributed by atoms with E-state index in [-0.39, 0.29) is 54.0 Å². The number of aliphatic hydroxyl groups excluding tert-OH is 1. The molecule has 25 nitrogen and oxygen atoms in total. The Morgan fingerprint density at radius 2 is 0.690 bits per heavy atom. The second kappa shape index (κ2) is 35.1. The molecule has 6 aromatic rings. The summed E-state index contributed by atoms with van der Waals surface area (Å²) < 4.78 is 5.59. The van der Waals surface area contributed by atoms with Gasteiger partial charge in [-0.1, -0.05) is 142 Å². The van der Waals surface area contributed by atoms with Crippen LogP contribution in [-0.4, -0.2) is 180 Å². The van der Waals surface area contributed by atoms with E-state index >= 15 is 0 Å². The number of benzene rings is 3. The average Bonchev–Trinajstić information content (AvgIpc) is 0.924. The van der Waals surface area contributed by atoms with Crippen LogP contribution in [-0.2, 0) is 28.9 Å². The third-order valence-electron chi connectivity index (χ3n) is 28.7. The number of carboxylic acid groups (broad SMARTS) is 3. The van der Waals surface area contributed by atoms with Crippen LogP contribution in [0, 0.1) is 35.5 Å². The van der Waals surface area contributed by atoms with Crippen molar-refractivity contribution in [3.05, 3.63) is 121 Å². The first-order valence-electron chi connectivity index (χ1n) is 43.2. The lowest BCUT2D eigenvalue weighted by atomic mass is 9.68. The fraction of sp³-hybridized carbons (Fsp3) is 0.659. The maximum absolute atomic E-state index is 14.0. The molecule has 12 bridgehead atoms. The van der Waals surface area contributed by atoms with E-state index in [2.05, 4.69) is 45.1 Å². The van der Waals surface area contributed by atoms with E-state index in [9.17, 15) is 39.0 Å². The second-order valence-electron chi connectivity index (χ2n) is 35.7. The van der Waals surface area contributed by atoms with Gasteiger partial charge in [0.25, 0.3) is 16.7 Å². The van der Waals surface area contributed by atoms with Crippen molar-refractivity contribution in [1.29, 1.82) is 0 Å². The van der Waals surface area contributed by atoms with Gasteiger partial charge in [0.15, 0.2) is 17.1 Å². The normalized spacial score (nSPS) is 32.2. The van der Waals surface area contributed by atoms with Gasteiger partial charge in [0.05, 0.1) is 39.7 Å². The van der Waals surface area contributed by atoms with Gasteiger partial charge in [0.1, 0.15) is 19.4 Å². The largest absolute Gasteiger partial charge is 0.479 e. The van der Waals surface area contributed by atoms with Crippen LogP contribution in [0.3, 0.4) is 0 Å². The van der Waals surface area contributed by atoms with E-state index in [1.165, 1.54) is 180 Å². The summed E-state index contributed by atoms with van der Waals surface area (Å²) in [5.74, 6) is 1.51. The van der Waals surface area contributed by atoms with Gasteiger partial charge in [-0.05, 0) is 214 Å². The molecule has 0 spiro atoms. The molecule has 12 fully saturated rings. The number of hydrogen-bond acceptors (Lipinski definition) is 19. The summed E-state index contributed by atoms with van der Waals surface area (Å²) in [5, 5.41) is 48.7. The van der Waals surface area contributed by atoms with Gasteiger partial charge in [-0.3, -0.25) is 29.1 Å². The third-order valence-corrected chi connectivity index (χ3v) is 28.7. The van der Waals surface area contributed by atoms with Crippen molar-refractivity contribution in [2.45, 2.75) is 304 Å². The number of oxime groups is 3. The highest BCUT2D eigenvalue weighted by atomic mass is 16.6. The number of fused-ring (bicyclic) bond motifs is 15. The quantitative estimate of drug-likeness (QED) is 0.0353. The van der Waals surface area contributed by atoms with Gasteiger partial charge in [-0.25, -0.2) is 29.3 Å². The number of hydrogen-bond donors (Lipinski definition) is 4. The maximum atomic E-state index is 14.0. The summed E-state index contributed by atoms with van der Waals surface area (Å²) in [6, 6.07) is 27.8. The van der Waals surface area contributed by atoms with E-state index in [0.29, 0.717) is 71.1 Å². The summed E-state index contributed by atoms with van der Waals surface area (Å²) >= 11 is 0. The standard InChI is InChI=1S/C30H40N4O5.2C29H38N4O4/c35-12-13-39-32-28(30(37)38)27-29(36)34(26-11-4-3-10-25(26)31-27)24-17-21-8-5-9-22(18-24)33(21)23-15-19-6-1-2-7-20(14-19)16-23;1-18(31-37-17-27(34)35)28-29(36)33(26-11-3-2-10-25(26)30-28)24-15-21-8-5-9-22(16-24)32(21)23-13-19-6-4-7-20(12-19)14-23;1-37-31-27(29(35)36)26-28(34)33(25-12-5-4-11-24(25)30-26)23-16-20-9-6-10-21(17-23)32(20)22-14-18-7-2-3-8-19(13-18)15-22/h3-4,10-11,19-24,35H,1-2,5-9,12-18H2,(H,37,38);2-3,10-11,19-24H,4-9,12-17H2,1H3,(H,34,35);4-5,11-12,18-23H,2-3,6-10,13-17H2,1H3,(H,35,36)/b32-28-;31-18+;31-27-. The van der Waals surface area contributed by atoms with Crippen LogP contribution in [0.1, 0.15) is 267 Å². The molecular weight excluding hydrogens is 1430 g/mol. The third kappa shape index (κ3) is 16.8. The molecule has 4 N–H and O–H groups in total. The van der Waals surface area contributed by atoms with Gasteiger partial charge >= 0.3 is 17.9 Å². The van der Waals surface area contributed by atoms with Crippen LogP contribution in [0.15, 0.2) is 103 Å². The van der Waals surface area contributed by atoms with Gasteiger partial charge in [-0.15, -0.1) is 0 Å². The molecule has 0 radical (unpaired) electrons. The lowest BCUT2D eigenvalue weighted by Gasteiger charge is -2.55. The molecule has 113 heavy (non-hydrogen) atoms. The van der Waals surface area contributed by atoms with Gasteiger partial charge < -0.3 is 48.6 Å². The number of aliphatic carboxylic acids is 3. The molecule has 12 aliphatic rings. The number of piperidine rings is 6. The fourth-order valence-electron chi connectivity index (χ4n) is 24.7. The van der Waals surface area contributed by atoms with Gasteiger partial charge in [-0.2, -0.15) is 0 Å². The van der Waals surface area contributed by atoms with Crippen molar-refractivity contribution < 1.29 is 49.3 Å². The zero-order chi connectivity index (χ0) is 78.0. The van der Waals surface area contributed by atoms with Crippen molar-refractivity contribution in [3.8, 4) is 0 Å². The van der Waals surface area contributed by atoms with Gasteiger partial charge in [0.2, 0.25) is 18.0 Å². The van der Waals surface area contributed by atoms with E-state index in [0.717, 1.165) is 109 Å². The highest BCUT2D eigenvalue weighted by Crippen LogP contribution is 2.51. The van der Waals surface area contributed by atoms with E-state index in [4.69, 9.17) is 24.7 Å². The molecule has 18 rings (SSSR count). The van der Waals surface area contributed by atoms with E-state index < -0.39 is 47.1 Å². The van der Waals surface area contributed by atoms with Crippen molar-refractivity contribution >= 4 is 68.1 Å². The van der Waals surface area contributed by atoms with Crippen molar-refractivity contribution in [1.82, 2.24) is 43.4 Å². The Kier molecular flexibility index (Phi) is 24.4. The average molecular weight is 1550 g/mol. The Bertz CT molecular complexity index is 4650. The number of nitrogens with zero attached hydrogens (tertiary/aromatic N) is 12. The Morgan fingerprint density at radius 3 is 1.02 bits per heavy atom. The lowest BCUT2D eigenvalue weighted by Crippen LogP contribution is -2.58.